The van der Waals surface area contributed by atoms with Crippen LogP contribution in [-0.2, 0) is 6.54 Å². The third-order valence-electron chi connectivity index (χ3n) is 2.92. The number of hydrogen-bond donors (Lipinski definition) is 3. The average Bonchev–Trinajstić information content (AvgIpc) is 3.23. The second-order valence-electron chi connectivity index (χ2n) is 4.56. The maximum absolute atomic E-state index is 11.9. The second-order valence-corrected chi connectivity index (χ2v) is 5.42. The summed E-state index contributed by atoms with van der Waals surface area (Å²) in [6.45, 7) is 0.360. The number of nitrogens with one attached hydrogen (secondary N) is 3. The number of aromatic nitrogens is 4. The quantitative estimate of drug-likeness (QED) is 0.666. The van der Waals surface area contributed by atoms with E-state index in [9.17, 15) is 4.79 Å². The first-order valence-electron chi connectivity index (χ1n) is 6.87. The molecule has 0 aliphatic rings. The van der Waals surface area contributed by atoms with Crippen LogP contribution < -0.4 is 16.0 Å². The SMILES string of the molecule is CNc1nc(CNC(=O)Nc2cnn(-c3ccccn3)c2)cs1. The minimum atomic E-state index is -0.315. The van der Waals surface area contributed by atoms with Gasteiger partial charge in [-0.25, -0.2) is 19.4 Å². The summed E-state index contributed by atoms with van der Waals surface area (Å²) in [4.78, 5) is 20.4. The number of anilines is 2. The zero-order valence-electron chi connectivity index (χ0n) is 12.4. The van der Waals surface area contributed by atoms with E-state index < -0.39 is 0 Å². The van der Waals surface area contributed by atoms with Crippen molar-refractivity contribution in [2.75, 3.05) is 17.7 Å². The van der Waals surface area contributed by atoms with Gasteiger partial charge in [0.15, 0.2) is 10.9 Å². The molecule has 3 aromatic rings. The fourth-order valence-electron chi connectivity index (χ4n) is 1.85. The summed E-state index contributed by atoms with van der Waals surface area (Å²) in [6, 6.07) is 5.22. The van der Waals surface area contributed by atoms with E-state index in [1.807, 2.05) is 30.6 Å². The molecule has 3 rings (SSSR count). The van der Waals surface area contributed by atoms with Gasteiger partial charge in [0.2, 0.25) is 0 Å². The van der Waals surface area contributed by atoms with Gasteiger partial charge in [0.1, 0.15) is 0 Å². The van der Waals surface area contributed by atoms with Crippen molar-refractivity contribution in [3.63, 3.8) is 0 Å². The number of nitrogens with zero attached hydrogens (tertiary/aromatic N) is 4. The summed E-state index contributed by atoms with van der Waals surface area (Å²) in [5.74, 6) is 0.683. The summed E-state index contributed by atoms with van der Waals surface area (Å²) < 4.78 is 1.59. The molecule has 0 saturated carbocycles. The van der Waals surface area contributed by atoms with E-state index in [0.717, 1.165) is 10.8 Å². The lowest BCUT2D eigenvalue weighted by Gasteiger charge is -2.04. The van der Waals surface area contributed by atoms with Gasteiger partial charge in [0, 0.05) is 18.6 Å². The molecule has 0 aliphatic carbocycles. The van der Waals surface area contributed by atoms with Crippen LogP contribution in [-0.4, -0.2) is 32.8 Å². The lowest BCUT2D eigenvalue weighted by atomic mass is 10.4. The standard InChI is InChI=1S/C14H15N7OS/c1-15-14-20-11(9-23-14)6-17-13(22)19-10-7-18-21(8-10)12-4-2-3-5-16-12/h2-5,7-9H,6H2,1H3,(H,15,20)(H2,17,19,22). The molecule has 3 heterocycles. The Labute approximate surface area is 136 Å². The smallest absolute Gasteiger partial charge is 0.319 e. The number of rotatable bonds is 5. The third kappa shape index (κ3) is 3.83. The molecular formula is C14H15N7OS. The summed E-state index contributed by atoms with van der Waals surface area (Å²) in [6.07, 6.45) is 4.95. The van der Waals surface area contributed by atoms with Crippen LogP contribution in [0.25, 0.3) is 5.82 Å². The molecule has 0 saturated heterocycles. The summed E-state index contributed by atoms with van der Waals surface area (Å²) in [5.41, 5.74) is 1.39. The van der Waals surface area contributed by atoms with E-state index in [2.05, 4.69) is 31.0 Å². The molecule has 3 aromatic heterocycles. The molecular weight excluding hydrogens is 314 g/mol. The second kappa shape index (κ2) is 6.88. The Morgan fingerprint density at radius 2 is 2.30 bits per heavy atom. The van der Waals surface area contributed by atoms with Gasteiger partial charge in [-0.05, 0) is 12.1 Å². The maximum Gasteiger partial charge on any atom is 0.319 e. The lowest BCUT2D eigenvalue weighted by Crippen LogP contribution is -2.28. The number of carbonyl (C=O) groups is 1. The van der Waals surface area contributed by atoms with Crippen LogP contribution in [0.3, 0.4) is 0 Å². The van der Waals surface area contributed by atoms with Gasteiger partial charge >= 0.3 is 6.03 Å². The molecule has 118 valence electrons. The van der Waals surface area contributed by atoms with Crippen LogP contribution in [0, 0.1) is 0 Å². The minimum Gasteiger partial charge on any atom is -0.365 e. The highest BCUT2D eigenvalue weighted by Gasteiger charge is 2.07. The molecule has 0 aromatic carbocycles. The van der Waals surface area contributed by atoms with E-state index in [-0.39, 0.29) is 6.03 Å². The van der Waals surface area contributed by atoms with Gasteiger partial charge in [-0.1, -0.05) is 6.07 Å². The van der Waals surface area contributed by atoms with Crippen molar-refractivity contribution in [1.29, 1.82) is 0 Å². The molecule has 0 spiro atoms. The topological polar surface area (TPSA) is 96.8 Å². The van der Waals surface area contributed by atoms with Crippen LogP contribution in [0.15, 0.2) is 42.2 Å². The van der Waals surface area contributed by atoms with Gasteiger partial charge in [-0.2, -0.15) is 5.10 Å². The van der Waals surface area contributed by atoms with Gasteiger partial charge < -0.3 is 16.0 Å². The molecule has 0 aliphatic heterocycles. The fourth-order valence-corrected chi connectivity index (χ4v) is 2.52. The predicted octanol–water partition coefficient (Wildman–Crippen LogP) is 2.09. The minimum absolute atomic E-state index is 0.315. The fraction of sp³-hybridized carbons (Fsp3) is 0.143. The van der Waals surface area contributed by atoms with Crippen LogP contribution in [0.1, 0.15) is 5.69 Å². The van der Waals surface area contributed by atoms with E-state index in [0.29, 0.717) is 18.1 Å². The highest BCUT2D eigenvalue weighted by Crippen LogP contribution is 2.14. The van der Waals surface area contributed by atoms with Crippen LogP contribution in [0.2, 0.25) is 0 Å². The predicted molar refractivity (Wildman–Crippen MR) is 88.9 cm³/mol. The lowest BCUT2D eigenvalue weighted by molar-refractivity contribution is 0.251. The van der Waals surface area contributed by atoms with Crippen LogP contribution in [0.5, 0.6) is 0 Å². The van der Waals surface area contributed by atoms with Crippen LogP contribution >= 0.6 is 11.3 Å². The Balaban J connectivity index is 1.55. The Morgan fingerprint density at radius 1 is 1.39 bits per heavy atom. The van der Waals surface area contributed by atoms with Gasteiger partial charge in [0.05, 0.1) is 30.3 Å². The molecule has 3 N–H and O–H groups in total. The largest absolute Gasteiger partial charge is 0.365 e. The van der Waals surface area contributed by atoms with Gasteiger partial charge in [0.25, 0.3) is 0 Å². The number of carbonyl (C=O) groups excluding carboxylic acids is 1. The monoisotopic (exact) mass is 329 g/mol. The van der Waals surface area contributed by atoms with Gasteiger partial charge in [-0.3, -0.25) is 0 Å². The normalized spacial score (nSPS) is 10.3. The number of urea groups is 1. The first-order chi connectivity index (χ1) is 11.2. The average molecular weight is 329 g/mol. The van der Waals surface area contributed by atoms with E-state index in [1.54, 1.807) is 23.3 Å². The molecule has 8 nitrogen and oxygen atoms in total. The summed E-state index contributed by atoms with van der Waals surface area (Å²) in [5, 5.41) is 15.3. The number of pyridine rings is 1. The summed E-state index contributed by atoms with van der Waals surface area (Å²) in [7, 11) is 1.81. The van der Waals surface area contributed by atoms with Crippen molar-refractivity contribution in [3.8, 4) is 5.82 Å². The van der Waals surface area contributed by atoms with Crippen molar-refractivity contribution in [3.05, 3.63) is 47.9 Å². The highest BCUT2D eigenvalue weighted by atomic mass is 32.1. The molecule has 2 amide bonds. The van der Waals surface area contributed by atoms with Crippen molar-refractivity contribution < 1.29 is 4.79 Å². The molecule has 0 radical (unpaired) electrons. The maximum atomic E-state index is 11.9. The van der Waals surface area contributed by atoms with Gasteiger partial charge in [-0.15, -0.1) is 11.3 Å². The van der Waals surface area contributed by atoms with Crippen molar-refractivity contribution in [2.24, 2.45) is 0 Å². The number of amides is 2. The molecule has 0 bridgehead atoms. The Bertz CT molecular complexity index is 783. The third-order valence-corrected chi connectivity index (χ3v) is 3.83. The summed E-state index contributed by atoms with van der Waals surface area (Å²) >= 11 is 1.49. The molecule has 0 atom stereocenters. The first kappa shape index (κ1) is 15.0. The zero-order valence-corrected chi connectivity index (χ0v) is 13.2. The Kier molecular flexibility index (Phi) is 4.48. The molecule has 0 unspecified atom stereocenters. The van der Waals surface area contributed by atoms with E-state index in [4.69, 9.17) is 0 Å². The van der Waals surface area contributed by atoms with E-state index in [1.165, 1.54) is 11.3 Å². The van der Waals surface area contributed by atoms with E-state index >= 15 is 0 Å². The first-order valence-corrected chi connectivity index (χ1v) is 7.75. The highest BCUT2D eigenvalue weighted by molar-refractivity contribution is 7.13. The number of hydrogen-bond acceptors (Lipinski definition) is 6. The molecule has 9 heteroatoms. The molecule has 0 fully saturated rings. The van der Waals surface area contributed by atoms with Crippen molar-refractivity contribution >= 4 is 28.2 Å². The van der Waals surface area contributed by atoms with Crippen LogP contribution in [0.4, 0.5) is 15.6 Å². The number of thiazole rings is 1. The zero-order chi connectivity index (χ0) is 16.1. The van der Waals surface area contributed by atoms with Crippen molar-refractivity contribution in [1.82, 2.24) is 25.1 Å². The van der Waals surface area contributed by atoms with Crippen molar-refractivity contribution in [2.45, 2.75) is 6.54 Å². The molecule has 23 heavy (non-hydrogen) atoms. The Hall–Kier alpha value is -2.94. The Morgan fingerprint density at radius 3 is 3.04 bits per heavy atom.